The summed E-state index contributed by atoms with van der Waals surface area (Å²) in [5.41, 5.74) is 0. The minimum Gasteiger partial charge on any atom is -0.486 e. The van der Waals surface area contributed by atoms with Crippen molar-refractivity contribution >= 4 is 5.91 Å². The Balaban J connectivity index is 1.47. The molecule has 6 nitrogen and oxygen atoms in total. The Morgan fingerprint density at radius 3 is 2.82 bits per heavy atom. The quantitative estimate of drug-likeness (QED) is 0.886. The number of ether oxygens (including phenoxy) is 3. The Labute approximate surface area is 130 Å². The number of carbonyl (C=O) groups is 1. The molecule has 2 aliphatic rings. The molecule has 0 aromatic heterocycles. The average Bonchev–Trinajstić information content (AvgIpc) is 2.59. The monoisotopic (exact) mass is 306 g/mol. The maximum atomic E-state index is 12.2. The van der Waals surface area contributed by atoms with E-state index < -0.39 is 0 Å². The molecule has 22 heavy (non-hydrogen) atoms. The maximum absolute atomic E-state index is 12.2. The summed E-state index contributed by atoms with van der Waals surface area (Å²) in [5, 5.41) is 2.95. The molecule has 1 amide bonds. The molecule has 3 rings (SSSR count). The predicted molar refractivity (Wildman–Crippen MR) is 81.2 cm³/mol. The number of nitrogens with one attached hydrogen (secondary N) is 1. The summed E-state index contributed by atoms with van der Waals surface area (Å²) >= 11 is 0. The van der Waals surface area contributed by atoms with Gasteiger partial charge < -0.3 is 19.5 Å². The van der Waals surface area contributed by atoms with Crippen LogP contribution in [0, 0.1) is 0 Å². The fraction of sp³-hybridized carbons (Fsp3) is 0.562. The van der Waals surface area contributed by atoms with Crippen LogP contribution in [0.3, 0.4) is 0 Å². The standard InChI is InChI=1S/C16H22N2O4/c1-12(18-6-8-20-9-7-18)16(19)17-10-13-11-21-14-4-2-3-5-15(14)22-13/h2-5,12-13H,6-11H2,1H3,(H,17,19). The lowest BCUT2D eigenvalue weighted by molar-refractivity contribution is -0.128. The smallest absolute Gasteiger partial charge is 0.237 e. The van der Waals surface area contributed by atoms with Crippen LogP contribution in [0.2, 0.25) is 0 Å². The molecule has 2 aliphatic heterocycles. The van der Waals surface area contributed by atoms with E-state index in [1.165, 1.54) is 0 Å². The Hall–Kier alpha value is -1.79. The van der Waals surface area contributed by atoms with Gasteiger partial charge in [0, 0.05) is 13.1 Å². The summed E-state index contributed by atoms with van der Waals surface area (Å²) in [4.78, 5) is 14.4. The van der Waals surface area contributed by atoms with Crippen LogP contribution in [0.5, 0.6) is 11.5 Å². The van der Waals surface area contributed by atoms with Gasteiger partial charge >= 0.3 is 0 Å². The second-order valence-corrected chi connectivity index (χ2v) is 5.57. The van der Waals surface area contributed by atoms with Crippen LogP contribution in [0.1, 0.15) is 6.92 Å². The van der Waals surface area contributed by atoms with Gasteiger partial charge in [0.25, 0.3) is 0 Å². The summed E-state index contributed by atoms with van der Waals surface area (Å²) in [6.45, 7) is 5.79. The number of nitrogens with zero attached hydrogens (tertiary/aromatic N) is 1. The molecular formula is C16H22N2O4. The molecule has 1 fully saturated rings. The normalized spacial score (nSPS) is 22.9. The van der Waals surface area contributed by atoms with Crippen LogP contribution in [-0.4, -0.2) is 62.4 Å². The highest BCUT2D eigenvalue weighted by Gasteiger charge is 2.25. The molecular weight excluding hydrogens is 284 g/mol. The summed E-state index contributed by atoms with van der Waals surface area (Å²) in [5.74, 6) is 1.50. The number of hydrogen-bond acceptors (Lipinski definition) is 5. The van der Waals surface area contributed by atoms with E-state index in [9.17, 15) is 4.79 Å². The minimum atomic E-state index is -0.157. The van der Waals surface area contributed by atoms with E-state index in [2.05, 4.69) is 10.2 Å². The van der Waals surface area contributed by atoms with E-state index in [0.29, 0.717) is 26.4 Å². The summed E-state index contributed by atoms with van der Waals surface area (Å²) < 4.78 is 16.8. The van der Waals surface area contributed by atoms with E-state index in [0.717, 1.165) is 24.6 Å². The van der Waals surface area contributed by atoms with Gasteiger partial charge in [-0.25, -0.2) is 0 Å². The molecule has 0 spiro atoms. The van der Waals surface area contributed by atoms with Crippen LogP contribution in [0.4, 0.5) is 0 Å². The van der Waals surface area contributed by atoms with E-state index in [-0.39, 0.29) is 18.1 Å². The highest BCUT2D eigenvalue weighted by Crippen LogP contribution is 2.30. The Kier molecular flexibility index (Phi) is 4.80. The van der Waals surface area contributed by atoms with Crippen molar-refractivity contribution in [3.63, 3.8) is 0 Å². The second kappa shape index (κ2) is 6.98. The Morgan fingerprint density at radius 1 is 1.32 bits per heavy atom. The lowest BCUT2D eigenvalue weighted by Crippen LogP contribution is -2.51. The lowest BCUT2D eigenvalue weighted by atomic mass is 10.2. The third-order valence-electron chi connectivity index (χ3n) is 4.04. The van der Waals surface area contributed by atoms with Gasteiger partial charge in [0.1, 0.15) is 12.7 Å². The molecule has 0 bridgehead atoms. The van der Waals surface area contributed by atoms with E-state index >= 15 is 0 Å². The zero-order valence-corrected chi connectivity index (χ0v) is 12.8. The molecule has 2 atom stereocenters. The van der Waals surface area contributed by atoms with E-state index in [1.54, 1.807) is 0 Å². The Bertz CT molecular complexity index is 517. The number of para-hydroxylation sites is 2. The van der Waals surface area contributed by atoms with E-state index in [4.69, 9.17) is 14.2 Å². The van der Waals surface area contributed by atoms with Gasteiger partial charge in [-0.3, -0.25) is 9.69 Å². The highest BCUT2D eigenvalue weighted by molar-refractivity contribution is 5.81. The molecule has 6 heteroatoms. The molecule has 0 saturated carbocycles. The number of morpholine rings is 1. The number of hydrogen-bond donors (Lipinski definition) is 1. The largest absolute Gasteiger partial charge is 0.486 e. The molecule has 0 radical (unpaired) electrons. The Morgan fingerprint density at radius 2 is 2.05 bits per heavy atom. The zero-order chi connectivity index (χ0) is 15.4. The first kappa shape index (κ1) is 15.1. The summed E-state index contributed by atoms with van der Waals surface area (Å²) in [7, 11) is 0. The summed E-state index contributed by atoms with van der Waals surface area (Å²) in [6, 6.07) is 7.42. The molecule has 2 unspecified atom stereocenters. The topological polar surface area (TPSA) is 60.0 Å². The summed E-state index contributed by atoms with van der Waals surface area (Å²) in [6.07, 6.45) is -0.157. The number of rotatable bonds is 4. The lowest BCUT2D eigenvalue weighted by Gasteiger charge is -2.32. The molecule has 0 aliphatic carbocycles. The van der Waals surface area contributed by atoms with Gasteiger partial charge in [0.2, 0.25) is 5.91 Å². The van der Waals surface area contributed by atoms with Gasteiger partial charge in [-0.1, -0.05) is 12.1 Å². The first-order valence-corrected chi connectivity index (χ1v) is 7.72. The van der Waals surface area contributed by atoms with Gasteiger partial charge in [-0.05, 0) is 19.1 Å². The molecule has 1 aromatic rings. The fourth-order valence-corrected chi connectivity index (χ4v) is 2.66. The molecule has 1 saturated heterocycles. The van der Waals surface area contributed by atoms with Crippen molar-refractivity contribution < 1.29 is 19.0 Å². The van der Waals surface area contributed by atoms with Gasteiger partial charge in [-0.2, -0.15) is 0 Å². The van der Waals surface area contributed by atoms with Gasteiger partial charge in [-0.15, -0.1) is 0 Å². The third kappa shape index (κ3) is 3.51. The number of fused-ring (bicyclic) bond motifs is 1. The first-order valence-electron chi connectivity index (χ1n) is 7.72. The van der Waals surface area contributed by atoms with Crippen molar-refractivity contribution in [1.82, 2.24) is 10.2 Å². The van der Waals surface area contributed by atoms with Crippen LogP contribution >= 0.6 is 0 Å². The van der Waals surface area contributed by atoms with Gasteiger partial charge in [0.15, 0.2) is 11.5 Å². The number of carbonyl (C=O) groups excluding carboxylic acids is 1. The van der Waals surface area contributed by atoms with Crippen LogP contribution < -0.4 is 14.8 Å². The second-order valence-electron chi connectivity index (χ2n) is 5.57. The van der Waals surface area contributed by atoms with Crippen molar-refractivity contribution in [2.45, 2.75) is 19.1 Å². The molecule has 1 N–H and O–H groups in total. The number of benzene rings is 1. The minimum absolute atomic E-state index is 0.0179. The SMILES string of the molecule is CC(C(=O)NCC1COc2ccccc2O1)N1CCOCC1. The van der Waals surface area contributed by atoms with Crippen LogP contribution in [0.15, 0.2) is 24.3 Å². The van der Waals surface area contributed by atoms with Crippen LogP contribution in [-0.2, 0) is 9.53 Å². The average molecular weight is 306 g/mol. The third-order valence-corrected chi connectivity index (χ3v) is 4.04. The van der Waals surface area contributed by atoms with Crippen molar-refractivity contribution in [3.05, 3.63) is 24.3 Å². The molecule has 1 aromatic carbocycles. The number of amides is 1. The van der Waals surface area contributed by atoms with Gasteiger partial charge in [0.05, 0.1) is 25.8 Å². The maximum Gasteiger partial charge on any atom is 0.237 e. The van der Waals surface area contributed by atoms with Crippen molar-refractivity contribution in [2.75, 3.05) is 39.5 Å². The van der Waals surface area contributed by atoms with E-state index in [1.807, 2.05) is 31.2 Å². The van der Waals surface area contributed by atoms with Crippen molar-refractivity contribution in [3.8, 4) is 11.5 Å². The van der Waals surface area contributed by atoms with Crippen molar-refractivity contribution in [2.24, 2.45) is 0 Å². The first-order chi connectivity index (χ1) is 10.7. The molecule has 2 heterocycles. The highest BCUT2D eigenvalue weighted by atomic mass is 16.6. The van der Waals surface area contributed by atoms with Crippen molar-refractivity contribution in [1.29, 1.82) is 0 Å². The fourth-order valence-electron chi connectivity index (χ4n) is 2.66. The predicted octanol–water partition coefficient (Wildman–Crippen LogP) is 0.663. The van der Waals surface area contributed by atoms with Crippen LogP contribution in [0.25, 0.3) is 0 Å². The zero-order valence-electron chi connectivity index (χ0n) is 12.8. The molecule has 120 valence electrons.